The van der Waals surface area contributed by atoms with Gasteiger partial charge in [-0.05, 0) is 88.6 Å². The summed E-state index contributed by atoms with van der Waals surface area (Å²) in [7, 11) is 4.50. The maximum atomic E-state index is 11.1. The van der Waals surface area contributed by atoms with Crippen LogP contribution < -0.4 is 0 Å². The molecule has 1 aliphatic rings. The Morgan fingerprint density at radius 2 is 1.71 bits per heavy atom. The van der Waals surface area contributed by atoms with Gasteiger partial charge in [0.15, 0.2) is 0 Å². The number of ether oxygens (including phenoxy) is 1. The quantitative estimate of drug-likeness (QED) is 0.273. The van der Waals surface area contributed by atoms with Crippen molar-refractivity contribution in [2.75, 3.05) is 20.7 Å². The molecule has 0 radical (unpaired) electrons. The van der Waals surface area contributed by atoms with Crippen LogP contribution in [0.3, 0.4) is 0 Å². The van der Waals surface area contributed by atoms with E-state index in [9.17, 15) is 4.79 Å². The van der Waals surface area contributed by atoms with Crippen LogP contribution in [0.5, 0.6) is 0 Å². The molecule has 0 unspecified atom stereocenters. The van der Waals surface area contributed by atoms with Gasteiger partial charge in [0, 0.05) is 29.1 Å². The first kappa shape index (κ1) is 26.3. The van der Waals surface area contributed by atoms with Crippen LogP contribution >= 0.6 is 12.4 Å². The van der Waals surface area contributed by atoms with Crippen molar-refractivity contribution in [1.29, 1.82) is 0 Å². The lowest BCUT2D eigenvalue weighted by atomic mass is 9.71. The molecule has 1 saturated carbocycles. The molecule has 0 aliphatic heterocycles. The van der Waals surface area contributed by atoms with E-state index in [1.807, 2.05) is 0 Å². The van der Waals surface area contributed by atoms with Crippen molar-refractivity contribution in [2.24, 2.45) is 0 Å². The van der Waals surface area contributed by atoms with Gasteiger partial charge in [-0.1, -0.05) is 48.5 Å². The number of rotatable bonds is 9. The van der Waals surface area contributed by atoms with Crippen molar-refractivity contribution in [2.45, 2.75) is 69.7 Å². The highest BCUT2D eigenvalue weighted by atomic mass is 35.5. The van der Waals surface area contributed by atoms with Gasteiger partial charge in [0.1, 0.15) is 0 Å². The zero-order chi connectivity index (χ0) is 23.3. The van der Waals surface area contributed by atoms with E-state index < -0.39 is 0 Å². The van der Waals surface area contributed by atoms with E-state index in [4.69, 9.17) is 4.74 Å². The molecule has 3 aromatic rings. The number of likely N-dealkylation sites (N-methyl/N-ethyl adjacent to an activating group) is 1. The Kier molecular flexibility index (Phi) is 9.21. The number of unbranched alkanes of at least 4 members (excludes halogenated alkanes) is 1. The number of carbonyl (C=O) groups excluding carboxylic acids is 1. The number of aromatic amines is 1. The highest BCUT2D eigenvalue weighted by molar-refractivity contribution is 5.85. The minimum Gasteiger partial charge on any atom is -0.466 e. The van der Waals surface area contributed by atoms with Gasteiger partial charge in [-0.25, -0.2) is 0 Å². The van der Waals surface area contributed by atoms with Crippen molar-refractivity contribution in [3.63, 3.8) is 0 Å². The van der Waals surface area contributed by atoms with E-state index in [0.29, 0.717) is 12.5 Å². The summed E-state index contributed by atoms with van der Waals surface area (Å²) in [6.45, 7) is 1.99. The molecule has 4 nitrogen and oxygen atoms in total. The first-order valence-electron chi connectivity index (χ1n) is 12.4. The van der Waals surface area contributed by atoms with Gasteiger partial charge in [0.05, 0.1) is 6.61 Å². The Hall–Kier alpha value is -2.30. The molecule has 1 fully saturated rings. The van der Waals surface area contributed by atoms with Crippen LogP contribution in [-0.2, 0) is 22.4 Å². The third-order valence-corrected chi connectivity index (χ3v) is 7.62. The molecular weight excluding hydrogens is 444 g/mol. The first-order valence-corrected chi connectivity index (χ1v) is 12.4. The SMILES string of the molecule is CC(=O)OCCCCc1c(C2CCC(Cc3ccccc3)(N(C)C)CC2)[nH]c2ccccc12.Cl. The largest absolute Gasteiger partial charge is 0.466 e. The molecule has 0 atom stereocenters. The third kappa shape index (κ3) is 6.03. The second kappa shape index (κ2) is 11.9. The number of esters is 1. The number of nitrogens with zero attached hydrogens (tertiary/aromatic N) is 1. The normalized spacial score (nSPS) is 20.3. The second-order valence-electron chi connectivity index (χ2n) is 9.92. The molecular formula is C29H39ClN2O2. The topological polar surface area (TPSA) is 45.3 Å². The molecule has 34 heavy (non-hydrogen) atoms. The Labute approximate surface area is 210 Å². The highest BCUT2D eigenvalue weighted by Crippen LogP contribution is 2.44. The lowest BCUT2D eigenvalue weighted by Crippen LogP contribution is -2.48. The molecule has 1 heterocycles. The van der Waals surface area contributed by atoms with Crippen LogP contribution in [0.4, 0.5) is 0 Å². The standard InChI is InChI=1S/C29H38N2O2.ClH/c1-22(32)33-20-10-9-14-26-25-13-7-8-15-27(25)30-28(26)24-16-18-29(19-17-24,31(2)3)21-23-11-5-4-6-12-23;/h4-8,11-13,15,24,30H,9-10,14,16-21H2,1-3H3;1H. The molecule has 4 rings (SSSR count). The van der Waals surface area contributed by atoms with Crippen molar-refractivity contribution in [3.05, 3.63) is 71.4 Å². The summed E-state index contributed by atoms with van der Waals surface area (Å²) in [6, 6.07) is 19.6. The van der Waals surface area contributed by atoms with E-state index in [1.165, 1.54) is 60.3 Å². The molecule has 0 spiro atoms. The predicted octanol–water partition coefficient (Wildman–Crippen LogP) is 6.68. The lowest BCUT2D eigenvalue weighted by Gasteiger charge is -2.45. The molecule has 0 saturated heterocycles. The molecule has 1 aliphatic carbocycles. The lowest BCUT2D eigenvalue weighted by molar-refractivity contribution is -0.141. The molecule has 2 aromatic carbocycles. The number of benzene rings is 2. The van der Waals surface area contributed by atoms with Gasteiger partial charge in [0.2, 0.25) is 0 Å². The Bertz CT molecular complexity index is 1050. The predicted molar refractivity (Wildman–Crippen MR) is 143 cm³/mol. The minimum atomic E-state index is -0.190. The smallest absolute Gasteiger partial charge is 0.302 e. The third-order valence-electron chi connectivity index (χ3n) is 7.62. The summed E-state index contributed by atoms with van der Waals surface area (Å²) in [5, 5.41) is 1.36. The molecule has 0 amide bonds. The zero-order valence-electron chi connectivity index (χ0n) is 20.8. The van der Waals surface area contributed by atoms with E-state index >= 15 is 0 Å². The van der Waals surface area contributed by atoms with Gasteiger partial charge in [-0.2, -0.15) is 0 Å². The second-order valence-corrected chi connectivity index (χ2v) is 9.92. The van der Waals surface area contributed by atoms with Crippen molar-refractivity contribution < 1.29 is 9.53 Å². The number of hydrogen-bond acceptors (Lipinski definition) is 3. The van der Waals surface area contributed by atoms with Crippen LogP contribution in [0.25, 0.3) is 10.9 Å². The average Bonchev–Trinajstić information content (AvgIpc) is 3.18. The minimum absolute atomic E-state index is 0. The molecule has 5 heteroatoms. The number of aromatic nitrogens is 1. The molecule has 184 valence electrons. The summed E-state index contributed by atoms with van der Waals surface area (Å²) in [5.41, 5.74) is 5.82. The van der Waals surface area contributed by atoms with Crippen molar-refractivity contribution in [1.82, 2.24) is 9.88 Å². The summed E-state index contributed by atoms with van der Waals surface area (Å²) in [6.07, 6.45) is 8.91. The van der Waals surface area contributed by atoms with Gasteiger partial charge in [-0.3, -0.25) is 4.79 Å². The van der Waals surface area contributed by atoms with Gasteiger partial charge >= 0.3 is 5.97 Å². The van der Waals surface area contributed by atoms with E-state index in [2.05, 4.69) is 78.6 Å². The fourth-order valence-electron chi connectivity index (χ4n) is 5.66. The number of aryl methyl sites for hydroxylation is 1. The maximum Gasteiger partial charge on any atom is 0.302 e. The molecule has 1 N–H and O–H groups in total. The number of halogens is 1. The maximum absolute atomic E-state index is 11.1. The summed E-state index contributed by atoms with van der Waals surface area (Å²) in [4.78, 5) is 17.3. The number of carbonyl (C=O) groups is 1. The van der Waals surface area contributed by atoms with Crippen LogP contribution in [0.1, 0.15) is 68.2 Å². The molecule has 0 bridgehead atoms. The summed E-state index contributed by atoms with van der Waals surface area (Å²) < 4.78 is 5.14. The number of hydrogen-bond donors (Lipinski definition) is 1. The average molecular weight is 483 g/mol. The number of para-hydroxylation sites is 1. The van der Waals surface area contributed by atoms with Crippen LogP contribution in [0.2, 0.25) is 0 Å². The number of H-pyrrole nitrogens is 1. The summed E-state index contributed by atoms with van der Waals surface area (Å²) >= 11 is 0. The Morgan fingerprint density at radius 3 is 2.38 bits per heavy atom. The fourth-order valence-corrected chi connectivity index (χ4v) is 5.66. The number of nitrogens with one attached hydrogen (secondary N) is 1. The van der Waals surface area contributed by atoms with Crippen molar-refractivity contribution in [3.8, 4) is 0 Å². The Balaban J connectivity index is 0.00000324. The van der Waals surface area contributed by atoms with Crippen LogP contribution in [0.15, 0.2) is 54.6 Å². The van der Waals surface area contributed by atoms with Crippen molar-refractivity contribution >= 4 is 29.3 Å². The monoisotopic (exact) mass is 482 g/mol. The zero-order valence-corrected chi connectivity index (χ0v) is 21.6. The fraction of sp³-hybridized carbons (Fsp3) is 0.483. The summed E-state index contributed by atoms with van der Waals surface area (Å²) in [5.74, 6) is 0.384. The van der Waals surface area contributed by atoms with E-state index in [1.54, 1.807) is 0 Å². The number of fused-ring (bicyclic) bond motifs is 1. The van der Waals surface area contributed by atoms with E-state index in [-0.39, 0.29) is 23.9 Å². The Morgan fingerprint density at radius 1 is 1.03 bits per heavy atom. The van der Waals surface area contributed by atoms with Crippen LogP contribution in [-0.4, -0.2) is 42.1 Å². The van der Waals surface area contributed by atoms with Crippen LogP contribution in [0, 0.1) is 0 Å². The van der Waals surface area contributed by atoms with Gasteiger partial charge in [0.25, 0.3) is 0 Å². The highest BCUT2D eigenvalue weighted by Gasteiger charge is 2.38. The van der Waals surface area contributed by atoms with E-state index in [0.717, 1.165) is 25.7 Å². The molecule has 1 aromatic heterocycles. The van der Waals surface area contributed by atoms with Gasteiger partial charge in [-0.15, -0.1) is 12.4 Å². The first-order chi connectivity index (χ1) is 16.0. The van der Waals surface area contributed by atoms with Gasteiger partial charge < -0.3 is 14.6 Å².